The van der Waals surface area contributed by atoms with Crippen LogP contribution in [0.3, 0.4) is 0 Å². The van der Waals surface area contributed by atoms with Gasteiger partial charge < -0.3 is 4.74 Å². The van der Waals surface area contributed by atoms with Crippen molar-refractivity contribution in [1.29, 1.82) is 0 Å². The normalized spacial score (nSPS) is 20.1. The fourth-order valence-corrected chi connectivity index (χ4v) is 4.75. The minimum Gasteiger partial charge on any atom is -0.445 e. The van der Waals surface area contributed by atoms with Crippen molar-refractivity contribution >= 4 is 33.6 Å². The molecule has 2 aliphatic heterocycles. The number of rotatable bonds is 6. The highest BCUT2D eigenvalue weighted by Crippen LogP contribution is 2.28. The summed E-state index contributed by atoms with van der Waals surface area (Å²) in [4.78, 5) is 39.3. The molecule has 2 amide bonds. The van der Waals surface area contributed by atoms with Crippen LogP contribution in [0.5, 0.6) is 0 Å². The van der Waals surface area contributed by atoms with Crippen molar-refractivity contribution in [1.82, 2.24) is 14.7 Å². The number of aromatic nitrogens is 2. The standard InChI is InChI=1S/C20H23N5O8S/c1-34(30,31)33-16-11-17(19(26)22-9-2-10-24-18(22)7-8-21-24)23(12-16)20(27)32-13-14-3-5-15(6-4-14)25(28)29/h3-8,16-17H,2,9-13H2,1H3/t16-,17+/m1/s1. The number of nitro groups is 1. The van der Waals surface area contributed by atoms with Gasteiger partial charge in [-0.05, 0) is 24.1 Å². The van der Waals surface area contributed by atoms with Crippen molar-refractivity contribution in [2.45, 2.75) is 38.1 Å². The molecule has 1 saturated heterocycles. The van der Waals surface area contributed by atoms with Gasteiger partial charge in [-0.1, -0.05) is 0 Å². The van der Waals surface area contributed by atoms with Gasteiger partial charge in [0.2, 0.25) is 0 Å². The number of amides is 2. The van der Waals surface area contributed by atoms with Crippen molar-refractivity contribution in [3.05, 3.63) is 52.2 Å². The lowest BCUT2D eigenvalue weighted by Gasteiger charge is -2.32. The number of fused-ring (bicyclic) bond motifs is 1. The molecular formula is C20H23N5O8S. The zero-order valence-electron chi connectivity index (χ0n) is 18.3. The maximum absolute atomic E-state index is 13.4. The van der Waals surface area contributed by atoms with E-state index in [1.807, 2.05) is 0 Å². The zero-order valence-corrected chi connectivity index (χ0v) is 19.1. The zero-order chi connectivity index (χ0) is 24.5. The highest BCUT2D eigenvalue weighted by molar-refractivity contribution is 7.86. The van der Waals surface area contributed by atoms with Crippen LogP contribution in [-0.2, 0) is 37.0 Å². The predicted octanol–water partition coefficient (Wildman–Crippen LogP) is 1.28. The fraction of sp³-hybridized carbons (Fsp3) is 0.450. The van der Waals surface area contributed by atoms with Crippen LogP contribution in [0.2, 0.25) is 0 Å². The summed E-state index contributed by atoms with van der Waals surface area (Å²) in [6.45, 7) is 0.778. The maximum Gasteiger partial charge on any atom is 0.410 e. The number of aryl methyl sites for hydroxylation is 1. The number of hydrogen-bond acceptors (Lipinski definition) is 9. The van der Waals surface area contributed by atoms with E-state index in [4.69, 9.17) is 8.92 Å². The van der Waals surface area contributed by atoms with Gasteiger partial charge in [0, 0.05) is 37.7 Å². The van der Waals surface area contributed by atoms with Gasteiger partial charge in [0.15, 0.2) is 0 Å². The lowest BCUT2D eigenvalue weighted by atomic mass is 10.1. The monoisotopic (exact) mass is 493 g/mol. The summed E-state index contributed by atoms with van der Waals surface area (Å²) in [5, 5.41) is 15.0. The first-order chi connectivity index (χ1) is 16.1. The van der Waals surface area contributed by atoms with Gasteiger partial charge in [-0.3, -0.25) is 28.9 Å². The Labute approximate surface area is 195 Å². The SMILES string of the molecule is CS(=O)(=O)O[C@@H]1C[C@@H](C(=O)N2CCCn3nccc32)N(C(=O)OCc2ccc([N+](=O)[O-])cc2)C1. The second-order valence-electron chi connectivity index (χ2n) is 8.06. The van der Waals surface area contributed by atoms with Gasteiger partial charge >= 0.3 is 6.09 Å². The van der Waals surface area contributed by atoms with E-state index in [0.717, 1.165) is 6.26 Å². The predicted molar refractivity (Wildman–Crippen MR) is 117 cm³/mol. The molecule has 0 spiro atoms. The van der Waals surface area contributed by atoms with Crippen LogP contribution in [0.15, 0.2) is 36.5 Å². The van der Waals surface area contributed by atoms with E-state index in [0.29, 0.717) is 30.9 Å². The summed E-state index contributed by atoms with van der Waals surface area (Å²) < 4.78 is 35.4. The molecule has 0 N–H and O–H groups in total. The third kappa shape index (κ3) is 5.17. The van der Waals surface area contributed by atoms with Gasteiger partial charge in [0.1, 0.15) is 18.5 Å². The molecule has 0 saturated carbocycles. The Balaban J connectivity index is 1.50. The number of hydrogen-bond donors (Lipinski definition) is 0. The smallest absolute Gasteiger partial charge is 0.410 e. The lowest BCUT2D eigenvalue weighted by Crippen LogP contribution is -2.50. The number of carbonyl (C=O) groups excluding carboxylic acids is 2. The number of anilines is 1. The van der Waals surface area contributed by atoms with E-state index in [9.17, 15) is 28.1 Å². The molecule has 2 aromatic rings. The largest absolute Gasteiger partial charge is 0.445 e. The third-order valence-corrected chi connectivity index (χ3v) is 6.21. The summed E-state index contributed by atoms with van der Waals surface area (Å²) in [6.07, 6.45) is 1.45. The number of ether oxygens (including phenoxy) is 1. The Morgan fingerprint density at radius 3 is 2.62 bits per heavy atom. The van der Waals surface area contributed by atoms with E-state index in [-0.39, 0.29) is 31.2 Å². The van der Waals surface area contributed by atoms with Gasteiger partial charge in [-0.15, -0.1) is 0 Å². The number of likely N-dealkylation sites (tertiary alicyclic amines) is 1. The molecule has 34 heavy (non-hydrogen) atoms. The molecule has 3 heterocycles. The lowest BCUT2D eigenvalue weighted by molar-refractivity contribution is -0.384. The van der Waals surface area contributed by atoms with E-state index in [2.05, 4.69) is 5.10 Å². The van der Waals surface area contributed by atoms with Crippen molar-refractivity contribution < 1.29 is 31.9 Å². The first-order valence-corrected chi connectivity index (χ1v) is 12.3. The summed E-state index contributed by atoms with van der Waals surface area (Å²) in [7, 11) is -3.81. The highest BCUT2D eigenvalue weighted by Gasteiger charge is 2.44. The Morgan fingerprint density at radius 2 is 1.94 bits per heavy atom. The first kappa shape index (κ1) is 23.6. The molecule has 0 radical (unpaired) electrons. The van der Waals surface area contributed by atoms with E-state index in [1.165, 1.54) is 34.1 Å². The molecular weight excluding hydrogens is 470 g/mol. The minimum absolute atomic E-state index is 0.0107. The second kappa shape index (κ2) is 9.38. The molecule has 1 aromatic heterocycles. The number of nitro benzene ring substituents is 1. The van der Waals surface area contributed by atoms with Crippen molar-refractivity contribution in [2.75, 3.05) is 24.2 Å². The third-order valence-electron chi connectivity index (χ3n) is 5.59. The molecule has 0 bridgehead atoms. The van der Waals surface area contributed by atoms with Gasteiger partial charge in [-0.2, -0.15) is 13.5 Å². The summed E-state index contributed by atoms with van der Waals surface area (Å²) in [5.41, 5.74) is 0.423. The molecule has 13 nitrogen and oxygen atoms in total. The summed E-state index contributed by atoms with van der Waals surface area (Å²) in [6, 6.07) is 6.22. The number of benzene rings is 1. The van der Waals surface area contributed by atoms with Crippen molar-refractivity contribution in [2.24, 2.45) is 0 Å². The second-order valence-corrected chi connectivity index (χ2v) is 9.66. The van der Waals surface area contributed by atoms with Crippen LogP contribution in [-0.4, -0.2) is 71.5 Å². The molecule has 0 unspecified atom stereocenters. The average Bonchev–Trinajstić information content (AvgIpc) is 3.43. The fourth-order valence-electron chi connectivity index (χ4n) is 4.12. The number of non-ortho nitro benzene ring substituents is 1. The quantitative estimate of drug-likeness (QED) is 0.329. The number of carbonyl (C=O) groups is 2. The van der Waals surface area contributed by atoms with E-state index < -0.39 is 33.3 Å². The van der Waals surface area contributed by atoms with Crippen LogP contribution in [0.4, 0.5) is 16.3 Å². The molecule has 1 aromatic carbocycles. The molecule has 14 heteroatoms. The molecule has 182 valence electrons. The van der Waals surface area contributed by atoms with E-state index >= 15 is 0 Å². The van der Waals surface area contributed by atoms with Gasteiger partial charge in [0.05, 0.1) is 30.0 Å². The average molecular weight is 493 g/mol. The summed E-state index contributed by atoms with van der Waals surface area (Å²) >= 11 is 0. The van der Waals surface area contributed by atoms with Crippen molar-refractivity contribution in [3.8, 4) is 0 Å². The molecule has 2 atom stereocenters. The Bertz CT molecular complexity index is 1200. The Morgan fingerprint density at radius 1 is 1.21 bits per heavy atom. The van der Waals surface area contributed by atoms with Crippen LogP contribution in [0.25, 0.3) is 0 Å². The molecule has 1 fully saturated rings. The van der Waals surface area contributed by atoms with Crippen LogP contribution >= 0.6 is 0 Å². The Hall–Kier alpha value is -3.52. The van der Waals surface area contributed by atoms with Crippen LogP contribution < -0.4 is 4.90 Å². The first-order valence-electron chi connectivity index (χ1n) is 10.5. The highest BCUT2D eigenvalue weighted by atomic mass is 32.2. The maximum atomic E-state index is 13.4. The number of nitrogens with zero attached hydrogens (tertiary/aromatic N) is 5. The topological polar surface area (TPSA) is 154 Å². The molecule has 4 rings (SSSR count). The molecule has 0 aliphatic carbocycles. The van der Waals surface area contributed by atoms with Crippen LogP contribution in [0.1, 0.15) is 18.4 Å². The van der Waals surface area contributed by atoms with Gasteiger partial charge in [-0.25, -0.2) is 9.48 Å². The van der Waals surface area contributed by atoms with Gasteiger partial charge in [0.25, 0.3) is 21.7 Å². The minimum atomic E-state index is -3.81. The molecule has 2 aliphatic rings. The van der Waals surface area contributed by atoms with Crippen molar-refractivity contribution in [3.63, 3.8) is 0 Å². The summed E-state index contributed by atoms with van der Waals surface area (Å²) in [5.74, 6) is 0.219. The Kier molecular flexibility index (Phi) is 6.52. The van der Waals surface area contributed by atoms with Crippen LogP contribution in [0, 0.1) is 10.1 Å². The van der Waals surface area contributed by atoms with E-state index in [1.54, 1.807) is 16.9 Å².